The van der Waals surface area contributed by atoms with Crippen molar-refractivity contribution in [3.05, 3.63) is 60.7 Å². The van der Waals surface area contributed by atoms with Gasteiger partial charge in [-0.1, -0.05) is 63.2 Å². The molecular weight excluding hydrogens is 620 g/mol. The summed E-state index contributed by atoms with van der Waals surface area (Å²) in [5.74, 6) is -3.18. The number of ether oxygens (including phenoxy) is 2. The van der Waals surface area contributed by atoms with Gasteiger partial charge in [0.15, 0.2) is 5.78 Å². The van der Waals surface area contributed by atoms with Crippen LogP contribution in [0.1, 0.15) is 72.8 Å². The zero-order chi connectivity index (χ0) is 34.9. The number of esters is 1. The van der Waals surface area contributed by atoms with Gasteiger partial charge in [-0.3, -0.25) is 23.9 Å². The van der Waals surface area contributed by atoms with Crippen molar-refractivity contribution >= 4 is 44.4 Å². The van der Waals surface area contributed by atoms with E-state index >= 15 is 0 Å². The summed E-state index contributed by atoms with van der Waals surface area (Å²) in [4.78, 5) is 56.0. The Hall–Kier alpha value is -3.57. The van der Waals surface area contributed by atoms with E-state index in [1.54, 1.807) is 26.8 Å². The molecule has 3 unspecified atom stereocenters. The molecule has 1 N–H and O–H groups in total. The molecule has 2 aromatic carbocycles. The van der Waals surface area contributed by atoms with E-state index in [-0.39, 0.29) is 56.4 Å². The molecule has 47 heavy (non-hydrogen) atoms. The van der Waals surface area contributed by atoms with Crippen LogP contribution in [0.15, 0.2) is 55.1 Å². The van der Waals surface area contributed by atoms with Gasteiger partial charge in [0, 0.05) is 19.4 Å². The summed E-state index contributed by atoms with van der Waals surface area (Å²) in [5.41, 5.74) is -1.70. The molecule has 1 aliphatic carbocycles. The Morgan fingerprint density at radius 2 is 1.72 bits per heavy atom. The highest BCUT2D eigenvalue weighted by atomic mass is 32.2. The second kappa shape index (κ2) is 13.5. The smallest absolute Gasteiger partial charge is 0.307 e. The molecular formula is C36H48N2O8S. The zero-order valence-electron chi connectivity index (χ0n) is 28.5. The second-order valence-electron chi connectivity index (χ2n) is 15.1. The number of carbonyl (C=O) groups is 4. The Bertz CT molecular complexity index is 1650. The van der Waals surface area contributed by atoms with Crippen molar-refractivity contribution in [3.8, 4) is 0 Å². The summed E-state index contributed by atoms with van der Waals surface area (Å²) in [5, 5.41) is 2.17. The Morgan fingerprint density at radius 3 is 2.30 bits per heavy atom. The number of amides is 2. The SMILES string of the molecule is C=CC1CC1(CC(=O)[C@@H]1C[C@@H](OCc2ccc3ccccc3c2)CN1C(=O)C(CC(=O)OC(C)(C)C)C(C)(C)C)C(=O)NS(C)(=O)=O. The third kappa shape index (κ3) is 9.07. The van der Waals surface area contributed by atoms with Crippen LogP contribution in [0, 0.1) is 22.7 Å². The zero-order valence-corrected chi connectivity index (χ0v) is 29.3. The highest BCUT2D eigenvalue weighted by molar-refractivity contribution is 7.89. The third-order valence-corrected chi connectivity index (χ3v) is 9.55. The van der Waals surface area contributed by atoms with E-state index in [0.717, 1.165) is 22.6 Å². The van der Waals surface area contributed by atoms with E-state index in [0.29, 0.717) is 0 Å². The Morgan fingerprint density at radius 1 is 1.06 bits per heavy atom. The molecule has 256 valence electrons. The second-order valence-corrected chi connectivity index (χ2v) is 16.9. The van der Waals surface area contributed by atoms with Crippen LogP contribution < -0.4 is 4.72 Å². The topological polar surface area (TPSA) is 136 Å². The number of carbonyl (C=O) groups excluding carboxylic acids is 4. The van der Waals surface area contributed by atoms with Gasteiger partial charge < -0.3 is 14.4 Å². The molecule has 1 saturated carbocycles. The predicted molar refractivity (Wildman–Crippen MR) is 179 cm³/mol. The van der Waals surface area contributed by atoms with Crippen molar-refractivity contribution < 1.29 is 37.1 Å². The van der Waals surface area contributed by atoms with Gasteiger partial charge in [-0.25, -0.2) is 8.42 Å². The molecule has 1 saturated heterocycles. The van der Waals surface area contributed by atoms with E-state index in [9.17, 15) is 27.6 Å². The maximum Gasteiger partial charge on any atom is 0.307 e. The van der Waals surface area contributed by atoms with Crippen LogP contribution in [-0.4, -0.2) is 67.4 Å². The molecule has 10 nitrogen and oxygen atoms in total. The van der Waals surface area contributed by atoms with Gasteiger partial charge in [0.25, 0.3) is 0 Å². The molecule has 11 heteroatoms. The van der Waals surface area contributed by atoms with E-state index in [1.165, 1.54) is 4.90 Å². The number of hydrogen-bond donors (Lipinski definition) is 1. The van der Waals surface area contributed by atoms with Gasteiger partial charge in [0.05, 0.1) is 42.8 Å². The molecule has 1 heterocycles. The van der Waals surface area contributed by atoms with Crippen LogP contribution in [-0.2, 0) is 45.3 Å². The molecule has 2 fully saturated rings. The lowest BCUT2D eigenvalue weighted by atomic mass is 9.77. The number of allylic oxidation sites excluding steroid dienone is 1. The molecule has 0 spiro atoms. The third-order valence-electron chi connectivity index (χ3n) is 8.99. The van der Waals surface area contributed by atoms with Crippen LogP contribution in [0.4, 0.5) is 0 Å². The minimum absolute atomic E-state index is 0.122. The van der Waals surface area contributed by atoms with Crippen molar-refractivity contribution in [2.24, 2.45) is 22.7 Å². The lowest BCUT2D eigenvalue weighted by Crippen LogP contribution is -2.48. The minimum Gasteiger partial charge on any atom is -0.460 e. The highest BCUT2D eigenvalue weighted by Gasteiger charge is 2.61. The van der Waals surface area contributed by atoms with Crippen molar-refractivity contribution in [2.45, 2.75) is 91.6 Å². The number of benzene rings is 2. The van der Waals surface area contributed by atoms with Crippen LogP contribution in [0.25, 0.3) is 10.8 Å². The molecule has 5 atom stereocenters. The van der Waals surface area contributed by atoms with Crippen molar-refractivity contribution in [2.75, 3.05) is 12.8 Å². The molecule has 0 aromatic heterocycles. The van der Waals surface area contributed by atoms with Crippen LogP contribution >= 0.6 is 0 Å². The van der Waals surface area contributed by atoms with Crippen molar-refractivity contribution in [1.29, 1.82) is 0 Å². The molecule has 0 radical (unpaired) electrons. The van der Waals surface area contributed by atoms with E-state index in [2.05, 4.69) is 6.58 Å². The molecule has 2 aliphatic rings. The number of sulfonamides is 1. The lowest BCUT2D eigenvalue weighted by Gasteiger charge is -2.35. The molecule has 2 aromatic rings. The van der Waals surface area contributed by atoms with Gasteiger partial charge in [0.1, 0.15) is 5.60 Å². The fraction of sp³-hybridized carbons (Fsp3) is 0.556. The van der Waals surface area contributed by atoms with Gasteiger partial charge in [-0.15, -0.1) is 6.58 Å². The maximum atomic E-state index is 14.3. The highest BCUT2D eigenvalue weighted by Crippen LogP contribution is 2.57. The summed E-state index contributed by atoms with van der Waals surface area (Å²) in [6.45, 7) is 15.0. The van der Waals surface area contributed by atoms with Crippen LogP contribution in [0.5, 0.6) is 0 Å². The molecule has 0 bridgehead atoms. The predicted octanol–water partition coefficient (Wildman–Crippen LogP) is 4.95. The first-order chi connectivity index (χ1) is 21.7. The molecule has 1 aliphatic heterocycles. The number of rotatable bonds is 12. The number of nitrogens with zero attached hydrogens (tertiary/aromatic N) is 1. The molecule has 2 amide bonds. The Balaban J connectivity index is 1.60. The summed E-state index contributed by atoms with van der Waals surface area (Å²) < 4.78 is 37.7. The average Bonchev–Trinajstić information content (AvgIpc) is 3.50. The molecule has 4 rings (SSSR count). The maximum absolute atomic E-state index is 14.3. The van der Waals surface area contributed by atoms with Crippen LogP contribution in [0.3, 0.4) is 0 Å². The number of hydrogen-bond acceptors (Lipinski definition) is 8. The lowest BCUT2D eigenvalue weighted by molar-refractivity contribution is -0.161. The monoisotopic (exact) mass is 668 g/mol. The summed E-state index contributed by atoms with van der Waals surface area (Å²) in [7, 11) is -3.86. The Labute approximate surface area is 278 Å². The van der Waals surface area contributed by atoms with Gasteiger partial charge in [-0.2, -0.15) is 0 Å². The van der Waals surface area contributed by atoms with E-state index in [4.69, 9.17) is 9.47 Å². The quantitative estimate of drug-likeness (QED) is 0.248. The first-order valence-corrected chi connectivity index (χ1v) is 17.9. The van der Waals surface area contributed by atoms with E-state index < -0.39 is 56.4 Å². The van der Waals surface area contributed by atoms with Crippen molar-refractivity contribution in [1.82, 2.24) is 9.62 Å². The first-order valence-electron chi connectivity index (χ1n) is 16.0. The summed E-state index contributed by atoms with van der Waals surface area (Å²) in [6.07, 6.45) is 1.99. The summed E-state index contributed by atoms with van der Waals surface area (Å²) in [6, 6.07) is 13.1. The largest absolute Gasteiger partial charge is 0.460 e. The van der Waals surface area contributed by atoms with Crippen molar-refractivity contribution in [3.63, 3.8) is 0 Å². The number of nitrogens with one attached hydrogen (secondary N) is 1. The minimum atomic E-state index is -3.86. The number of Topliss-reactive ketones (excluding diaryl/α,β-unsaturated/α-hetero) is 1. The van der Waals surface area contributed by atoms with Crippen LogP contribution in [0.2, 0.25) is 0 Å². The normalized spacial score (nSPS) is 23.6. The summed E-state index contributed by atoms with van der Waals surface area (Å²) >= 11 is 0. The van der Waals surface area contributed by atoms with Gasteiger partial charge >= 0.3 is 5.97 Å². The average molecular weight is 669 g/mol. The Kier molecular flexibility index (Phi) is 10.4. The number of fused-ring (bicyclic) bond motifs is 1. The fourth-order valence-corrected chi connectivity index (χ4v) is 6.95. The first kappa shape index (κ1) is 36.3. The standard InChI is InChI=1S/C36H48N2O8S/c1-9-26-19-36(26,33(42)37-47(8,43)44)20-30(39)29-17-27(45-22-23-14-15-24-12-10-11-13-25(24)16-23)21-38(29)32(41)28(34(2,3)4)18-31(40)46-35(5,6)7/h9-16,26-29H,1,17-22H2,2-8H3,(H,37,42)/t26?,27-,28?,29+,36?/m1/s1. The van der Waals surface area contributed by atoms with Gasteiger partial charge in [0.2, 0.25) is 21.8 Å². The van der Waals surface area contributed by atoms with Gasteiger partial charge in [-0.05, 0) is 60.9 Å². The number of likely N-dealkylation sites (tertiary alicyclic amines) is 1. The number of ketones is 1. The van der Waals surface area contributed by atoms with E-state index in [1.807, 2.05) is 68.0 Å². The fourth-order valence-electron chi connectivity index (χ4n) is 6.41.